The maximum atomic E-state index is 13.0. The Morgan fingerprint density at radius 3 is 2.09 bits per heavy atom. The first-order valence-electron chi connectivity index (χ1n) is 10.3. The molecule has 32 heavy (non-hydrogen) atoms. The van der Waals surface area contributed by atoms with E-state index in [0.717, 1.165) is 16.7 Å². The predicted molar refractivity (Wildman–Crippen MR) is 128 cm³/mol. The first-order valence-corrected chi connectivity index (χ1v) is 11.0. The zero-order chi connectivity index (χ0) is 22.9. The normalized spacial score (nSPS) is 11.6. The summed E-state index contributed by atoms with van der Waals surface area (Å²) in [6.07, 6.45) is 0. The van der Waals surface area contributed by atoms with Crippen molar-refractivity contribution < 1.29 is 14.3 Å². The molecule has 166 valence electrons. The fraction of sp³-hybridized carbons (Fsp3) is 0.200. The standard InChI is InChI=1S/C25H24Cl2N2O3/c1-2-28-15-22(25(31)32-16-17-9-5-3-6-10-17)29-24(30)23-20(26)13-19(14-21(23)27)18-11-7-4-8-12-18/h3-14,22,28H,2,15-16H2,1H3,(H,29,30)/t22-/m0/s1. The third-order valence-electron chi connectivity index (χ3n) is 4.79. The number of hydrogen-bond acceptors (Lipinski definition) is 4. The van der Waals surface area contributed by atoms with Crippen LogP contribution in [0.25, 0.3) is 11.1 Å². The second kappa shape index (κ2) is 11.7. The van der Waals surface area contributed by atoms with Gasteiger partial charge < -0.3 is 15.4 Å². The number of rotatable bonds is 9. The molecule has 0 aliphatic carbocycles. The van der Waals surface area contributed by atoms with Crippen molar-refractivity contribution in [2.75, 3.05) is 13.1 Å². The van der Waals surface area contributed by atoms with Crippen molar-refractivity contribution in [1.82, 2.24) is 10.6 Å². The summed E-state index contributed by atoms with van der Waals surface area (Å²) < 4.78 is 5.40. The van der Waals surface area contributed by atoms with Gasteiger partial charge in [-0.2, -0.15) is 0 Å². The molecule has 0 heterocycles. The molecule has 1 atom stereocenters. The zero-order valence-electron chi connectivity index (χ0n) is 17.6. The lowest BCUT2D eigenvalue weighted by atomic mass is 10.0. The average Bonchev–Trinajstić information content (AvgIpc) is 2.81. The largest absolute Gasteiger partial charge is 0.459 e. The molecule has 0 aliphatic rings. The minimum atomic E-state index is -0.896. The highest BCUT2D eigenvalue weighted by Gasteiger charge is 2.25. The van der Waals surface area contributed by atoms with E-state index in [9.17, 15) is 9.59 Å². The Morgan fingerprint density at radius 1 is 0.906 bits per heavy atom. The maximum Gasteiger partial charge on any atom is 0.330 e. The van der Waals surface area contributed by atoms with E-state index in [1.807, 2.05) is 67.6 Å². The van der Waals surface area contributed by atoms with Gasteiger partial charge in [-0.05, 0) is 35.4 Å². The third kappa shape index (κ3) is 6.33. The van der Waals surface area contributed by atoms with Crippen molar-refractivity contribution in [3.05, 3.63) is 94.0 Å². The van der Waals surface area contributed by atoms with Gasteiger partial charge in [0.15, 0.2) is 0 Å². The van der Waals surface area contributed by atoms with Crippen molar-refractivity contribution in [3.8, 4) is 11.1 Å². The molecule has 0 spiro atoms. The molecule has 0 radical (unpaired) electrons. The minimum absolute atomic E-state index is 0.116. The number of halogens is 2. The SMILES string of the molecule is CCNC[C@H](NC(=O)c1c(Cl)cc(-c2ccccc2)cc1Cl)C(=O)OCc1ccccc1. The minimum Gasteiger partial charge on any atom is -0.459 e. The molecular formula is C25H24Cl2N2O3. The maximum absolute atomic E-state index is 13.0. The molecule has 0 saturated carbocycles. The Kier molecular flexibility index (Phi) is 8.68. The van der Waals surface area contributed by atoms with Crippen LogP contribution < -0.4 is 10.6 Å². The third-order valence-corrected chi connectivity index (χ3v) is 5.38. The fourth-order valence-corrected chi connectivity index (χ4v) is 3.79. The van der Waals surface area contributed by atoms with E-state index in [-0.39, 0.29) is 28.8 Å². The van der Waals surface area contributed by atoms with Crippen LogP contribution in [0.2, 0.25) is 10.0 Å². The molecule has 0 bridgehead atoms. The molecule has 0 fully saturated rings. The summed E-state index contributed by atoms with van der Waals surface area (Å²) in [5.41, 5.74) is 2.70. The number of carbonyl (C=O) groups excluding carboxylic acids is 2. The Hall–Kier alpha value is -2.86. The Morgan fingerprint density at radius 2 is 1.50 bits per heavy atom. The van der Waals surface area contributed by atoms with Crippen molar-refractivity contribution >= 4 is 35.1 Å². The van der Waals surface area contributed by atoms with Crippen LogP contribution in [-0.4, -0.2) is 31.0 Å². The number of benzene rings is 3. The molecule has 3 aromatic rings. The zero-order valence-corrected chi connectivity index (χ0v) is 19.1. The van der Waals surface area contributed by atoms with E-state index >= 15 is 0 Å². The Labute approximate surface area is 197 Å². The molecule has 7 heteroatoms. The van der Waals surface area contributed by atoms with Gasteiger partial charge in [0.2, 0.25) is 0 Å². The van der Waals surface area contributed by atoms with Gasteiger partial charge in [-0.1, -0.05) is 90.8 Å². The molecule has 0 unspecified atom stereocenters. The lowest BCUT2D eigenvalue weighted by Crippen LogP contribution is -2.48. The summed E-state index contributed by atoms with van der Waals surface area (Å²) in [5.74, 6) is -1.09. The van der Waals surface area contributed by atoms with E-state index in [1.54, 1.807) is 12.1 Å². The molecule has 2 N–H and O–H groups in total. The van der Waals surface area contributed by atoms with Crippen LogP contribution in [0.1, 0.15) is 22.8 Å². The fourth-order valence-electron chi connectivity index (χ4n) is 3.13. The highest BCUT2D eigenvalue weighted by atomic mass is 35.5. The molecule has 0 saturated heterocycles. The van der Waals surface area contributed by atoms with Crippen molar-refractivity contribution in [2.45, 2.75) is 19.6 Å². The smallest absolute Gasteiger partial charge is 0.330 e. The van der Waals surface area contributed by atoms with Gasteiger partial charge in [0.05, 0.1) is 15.6 Å². The van der Waals surface area contributed by atoms with Gasteiger partial charge in [0.25, 0.3) is 5.91 Å². The van der Waals surface area contributed by atoms with Crippen LogP contribution in [0, 0.1) is 0 Å². The summed E-state index contributed by atoms with van der Waals surface area (Å²) in [4.78, 5) is 25.6. The second-order valence-electron chi connectivity index (χ2n) is 7.11. The predicted octanol–water partition coefficient (Wildman–Crippen LogP) is 5.11. The summed E-state index contributed by atoms with van der Waals surface area (Å²) >= 11 is 12.8. The van der Waals surface area contributed by atoms with Crippen LogP contribution in [0.15, 0.2) is 72.8 Å². The Balaban J connectivity index is 1.74. The van der Waals surface area contributed by atoms with Crippen LogP contribution in [-0.2, 0) is 16.1 Å². The van der Waals surface area contributed by atoms with E-state index in [4.69, 9.17) is 27.9 Å². The van der Waals surface area contributed by atoms with E-state index in [2.05, 4.69) is 10.6 Å². The highest BCUT2D eigenvalue weighted by Crippen LogP contribution is 2.31. The van der Waals surface area contributed by atoms with Crippen molar-refractivity contribution in [1.29, 1.82) is 0 Å². The molecule has 0 aliphatic heterocycles. The highest BCUT2D eigenvalue weighted by molar-refractivity contribution is 6.40. The first-order chi connectivity index (χ1) is 15.5. The number of amides is 1. The number of hydrogen-bond donors (Lipinski definition) is 2. The van der Waals surface area contributed by atoms with Gasteiger partial charge in [-0.15, -0.1) is 0 Å². The number of likely N-dealkylation sites (N-methyl/N-ethyl adjacent to an activating group) is 1. The van der Waals surface area contributed by atoms with Gasteiger partial charge in [-0.25, -0.2) is 4.79 Å². The quantitative estimate of drug-likeness (QED) is 0.426. The Bertz CT molecular complexity index is 1040. The van der Waals surface area contributed by atoms with Gasteiger partial charge >= 0.3 is 5.97 Å². The van der Waals surface area contributed by atoms with Gasteiger partial charge in [-0.3, -0.25) is 4.79 Å². The number of nitrogens with one attached hydrogen (secondary N) is 2. The molecule has 5 nitrogen and oxygen atoms in total. The molecule has 3 aromatic carbocycles. The van der Waals surface area contributed by atoms with Crippen LogP contribution in [0.5, 0.6) is 0 Å². The topological polar surface area (TPSA) is 67.4 Å². The van der Waals surface area contributed by atoms with Gasteiger partial charge in [0.1, 0.15) is 12.6 Å². The lowest BCUT2D eigenvalue weighted by Gasteiger charge is -2.19. The summed E-state index contributed by atoms with van der Waals surface area (Å²) in [6.45, 7) is 2.87. The second-order valence-corrected chi connectivity index (χ2v) is 7.92. The van der Waals surface area contributed by atoms with Crippen molar-refractivity contribution in [3.63, 3.8) is 0 Å². The average molecular weight is 471 g/mol. The number of esters is 1. The van der Waals surface area contributed by atoms with Crippen LogP contribution in [0.3, 0.4) is 0 Å². The molecule has 3 rings (SSSR count). The summed E-state index contributed by atoms with van der Waals surface area (Å²) in [5, 5.41) is 6.17. The monoisotopic (exact) mass is 470 g/mol. The summed E-state index contributed by atoms with van der Waals surface area (Å²) in [6, 6.07) is 21.4. The van der Waals surface area contributed by atoms with Crippen molar-refractivity contribution in [2.24, 2.45) is 0 Å². The summed E-state index contributed by atoms with van der Waals surface area (Å²) in [7, 11) is 0. The van der Waals surface area contributed by atoms with E-state index in [0.29, 0.717) is 6.54 Å². The number of carbonyl (C=O) groups is 2. The van der Waals surface area contributed by atoms with Crippen LogP contribution >= 0.6 is 23.2 Å². The van der Waals surface area contributed by atoms with Crippen LogP contribution in [0.4, 0.5) is 0 Å². The molecular weight excluding hydrogens is 447 g/mol. The lowest BCUT2D eigenvalue weighted by molar-refractivity contribution is -0.147. The van der Waals surface area contributed by atoms with E-state index in [1.165, 1.54) is 0 Å². The van der Waals surface area contributed by atoms with E-state index < -0.39 is 17.9 Å². The molecule has 0 aromatic heterocycles. The molecule has 1 amide bonds. The van der Waals surface area contributed by atoms with Gasteiger partial charge in [0, 0.05) is 6.54 Å². The first kappa shape index (κ1) is 23.8. The number of ether oxygens (including phenoxy) is 1.